The van der Waals surface area contributed by atoms with Gasteiger partial charge in [-0.25, -0.2) is 0 Å². The molecule has 0 saturated carbocycles. The Morgan fingerprint density at radius 3 is 2.31 bits per heavy atom. The third kappa shape index (κ3) is 7.50. The topological polar surface area (TPSA) is 63.5 Å². The molecule has 3 rings (SSSR count). The quantitative estimate of drug-likeness (QED) is 0.351. The first-order valence-corrected chi connectivity index (χ1v) is 9.97. The van der Waals surface area contributed by atoms with E-state index >= 15 is 0 Å². The van der Waals surface area contributed by atoms with Gasteiger partial charge in [0.2, 0.25) is 0 Å². The highest BCUT2D eigenvalue weighted by Crippen LogP contribution is 2.16. The molecule has 7 heteroatoms. The van der Waals surface area contributed by atoms with E-state index < -0.39 is 0 Å². The Bertz CT molecular complexity index is 822. The summed E-state index contributed by atoms with van der Waals surface area (Å²) in [5.41, 5.74) is 3.10. The Morgan fingerprint density at radius 1 is 1.10 bits per heavy atom. The molecule has 0 bridgehead atoms. The van der Waals surface area contributed by atoms with E-state index in [4.69, 9.17) is 16.9 Å². The van der Waals surface area contributed by atoms with E-state index in [0.717, 1.165) is 49.0 Å². The molecule has 154 valence electrons. The van der Waals surface area contributed by atoms with E-state index in [1.807, 2.05) is 36.4 Å². The molecule has 1 aliphatic rings. The van der Waals surface area contributed by atoms with Crippen molar-refractivity contribution in [2.45, 2.75) is 32.0 Å². The van der Waals surface area contributed by atoms with Gasteiger partial charge in [-0.1, -0.05) is 35.9 Å². The van der Waals surface area contributed by atoms with Crippen molar-refractivity contribution in [3.63, 3.8) is 0 Å². The van der Waals surface area contributed by atoms with Crippen LogP contribution in [0.15, 0.2) is 53.5 Å². The summed E-state index contributed by atoms with van der Waals surface area (Å²) in [6.45, 7) is 3.77. The maximum Gasteiger partial charge on any atom is 0.191 e. The number of hydrogen-bond donors (Lipinski definition) is 2. The molecule has 0 atom stereocenters. The monoisotopic (exact) mass is 523 g/mol. The van der Waals surface area contributed by atoms with Crippen molar-refractivity contribution >= 4 is 41.5 Å². The Labute approximate surface area is 195 Å². The molecule has 1 aliphatic heterocycles. The van der Waals surface area contributed by atoms with Crippen LogP contribution < -0.4 is 10.6 Å². The minimum absolute atomic E-state index is 0. The summed E-state index contributed by atoms with van der Waals surface area (Å²) in [6, 6.07) is 18.3. The van der Waals surface area contributed by atoms with Gasteiger partial charge in [0.25, 0.3) is 0 Å². The SMILES string of the molecule is CN=C(NCc1ccc(C#N)cc1)NC1CCN(Cc2ccc(Cl)cc2)CC1.I. The van der Waals surface area contributed by atoms with E-state index in [1.54, 1.807) is 7.05 Å². The Hall–Kier alpha value is -1.82. The molecule has 1 saturated heterocycles. The second kappa shape index (κ2) is 12.0. The van der Waals surface area contributed by atoms with Gasteiger partial charge in [0.15, 0.2) is 5.96 Å². The zero-order valence-electron chi connectivity index (χ0n) is 16.6. The Kier molecular flexibility index (Phi) is 9.71. The van der Waals surface area contributed by atoms with Crippen LogP contribution in [-0.2, 0) is 13.1 Å². The van der Waals surface area contributed by atoms with Crippen LogP contribution in [0.5, 0.6) is 0 Å². The summed E-state index contributed by atoms with van der Waals surface area (Å²) >= 11 is 5.96. The number of likely N-dealkylation sites (tertiary alicyclic amines) is 1. The van der Waals surface area contributed by atoms with Gasteiger partial charge < -0.3 is 10.6 Å². The van der Waals surface area contributed by atoms with Crippen LogP contribution in [0.1, 0.15) is 29.5 Å². The van der Waals surface area contributed by atoms with E-state index in [2.05, 4.69) is 38.7 Å². The van der Waals surface area contributed by atoms with Crippen molar-refractivity contribution in [1.29, 1.82) is 5.26 Å². The highest BCUT2D eigenvalue weighted by molar-refractivity contribution is 14.0. The average molecular weight is 524 g/mol. The summed E-state index contributed by atoms with van der Waals surface area (Å²) in [5.74, 6) is 0.820. The maximum atomic E-state index is 8.88. The fourth-order valence-electron chi connectivity index (χ4n) is 3.35. The van der Waals surface area contributed by atoms with Gasteiger partial charge in [-0.2, -0.15) is 5.26 Å². The van der Waals surface area contributed by atoms with Crippen molar-refractivity contribution < 1.29 is 0 Å². The number of hydrogen-bond acceptors (Lipinski definition) is 3. The standard InChI is InChI=1S/C22H26ClN5.HI/c1-25-22(26-15-18-4-2-17(14-24)3-5-18)27-21-10-12-28(13-11-21)16-19-6-8-20(23)9-7-19;/h2-9,21H,10-13,15-16H2,1H3,(H2,25,26,27);1H. The summed E-state index contributed by atoms with van der Waals surface area (Å²) in [4.78, 5) is 6.82. The smallest absolute Gasteiger partial charge is 0.191 e. The first-order valence-electron chi connectivity index (χ1n) is 9.59. The highest BCUT2D eigenvalue weighted by atomic mass is 127. The van der Waals surface area contributed by atoms with E-state index in [-0.39, 0.29) is 24.0 Å². The first-order chi connectivity index (χ1) is 13.7. The summed E-state index contributed by atoms with van der Waals surface area (Å²) < 4.78 is 0. The van der Waals surface area contributed by atoms with Gasteiger partial charge in [0.05, 0.1) is 11.6 Å². The molecule has 1 heterocycles. The molecule has 29 heavy (non-hydrogen) atoms. The van der Waals surface area contributed by atoms with E-state index in [1.165, 1.54) is 5.56 Å². The number of benzene rings is 2. The number of nitriles is 1. The number of rotatable bonds is 5. The van der Waals surface area contributed by atoms with Crippen LogP contribution in [0.3, 0.4) is 0 Å². The summed E-state index contributed by atoms with van der Waals surface area (Å²) in [5, 5.41) is 16.5. The largest absolute Gasteiger partial charge is 0.354 e. The zero-order valence-corrected chi connectivity index (χ0v) is 19.7. The van der Waals surface area contributed by atoms with Gasteiger partial charge in [-0.15, -0.1) is 24.0 Å². The lowest BCUT2D eigenvalue weighted by atomic mass is 10.0. The molecule has 0 aliphatic carbocycles. The number of aliphatic imine (C=N–C) groups is 1. The highest BCUT2D eigenvalue weighted by Gasteiger charge is 2.20. The fraction of sp³-hybridized carbons (Fsp3) is 0.364. The molecule has 5 nitrogen and oxygen atoms in total. The third-order valence-electron chi connectivity index (χ3n) is 5.01. The molecular formula is C22H27ClIN5. The van der Waals surface area contributed by atoms with E-state index in [0.29, 0.717) is 18.2 Å². The molecular weight excluding hydrogens is 497 g/mol. The Balaban J connectivity index is 0.00000300. The molecule has 0 spiro atoms. The lowest BCUT2D eigenvalue weighted by molar-refractivity contribution is 0.198. The number of nitrogens with one attached hydrogen (secondary N) is 2. The lowest BCUT2D eigenvalue weighted by Gasteiger charge is -2.33. The molecule has 0 aromatic heterocycles. The molecule has 0 amide bonds. The third-order valence-corrected chi connectivity index (χ3v) is 5.27. The average Bonchev–Trinajstić information content (AvgIpc) is 2.74. The zero-order chi connectivity index (χ0) is 19.8. The van der Waals surface area contributed by atoms with Crippen molar-refractivity contribution in [2.75, 3.05) is 20.1 Å². The molecule has 0 radical (unpaired) electrons. The van der Waals surface area contributed by atoms with Gasteiger partial charge in [0.1, 0.15) is 0 Å². The van der Waals surface area contributed by atoms with E-state index in [9.17, 15) is 0 Å². The number of guanidine groups is 1. The number of halogens is 2. The van der Waals surface area contributed by atoms with Crippen LogP contribution in [0.4, 0.5) is 0 Å². The summed E-state index contributed by atoms with van der Waals surface area (Å²) in [7, 11) is 1.80. The van der Waals surface area contributed by atoms with Crippen LogP contribution in [0, 0.1) is 11.3 Å². The van der Waals surface area contributed by atoms with Crippen molar-refractivity contribution in [3.05, 3.63) is 70.2 Å². The minimum Gasteiger partial charge on any atom is -0.354 e. The molecule has 0 unspecified atom stereocenters. The number of piperidine rings is 1. The van der Waals surface area contributed by atoms with Gasteiger partial charge in [-0.05, 0) is 48.2 Å². The van der Waals surface area contributed by atoms with Crippen LogP contribution in [0.2, 0.25) is 5.02 Å². The predicted molar refractivity (Wildman–Crippen MR) is 130 cm³/mol. The molecule has 2 aromatic rings. The van der Waals surface area contributed by atoms with Gasteiger partial charge >= 0.3 is 0 Å². The normalized spacial score (nSPS) is 15.3. The first kappa shape index (κ1) is 23.5. The maximum absolute atomic E-state index is 8.88. The Morgan fingerprint density at radius 2 is 1.72 bits per heavy atom. The van der Waals surface area contributed by atoms with Crippen molar-refractivity contribution in [3.8, 4) is 6.07 Å². The second-order valence-electron chi connectivity index (χ2n) is 7.06. The lowest BCUT2D eigenvalue weighted by Crippen LogP contribution is -2.48. The van der Waals surface area contributed by atoms with Gasteiger partial charge in [0, 0.05) is 44.3 Å². The van der Waals surface area contributed by atoms with Crippen LogP contribution in [0.25, 0.3) is 0 Å². The van der Waals surface area contributed by atoms with Crippen LogP contribution in [-0.4, -0.2) is 37.0 Å². The van der Waals surface area contributed by atoms with Gasteiger partial charge in [-0.3, -0.25) is 9.89 Å². The second-order valence-corrected chi connectivity index (χ2v) is 7.49. The van der Waals surface area contributed by atoms with Crippen LogP contribution >= 0.6 is 35.6 Å². The fourth-order valence-corrected chi connectivity index (χ4v) is 3.48. The van der Waals surface area contributed by atoms with Crippen molar-refractivity contribution in [1.82, 2.24) is 15.5 Å². The molecule has 2 aromatic carbocycles. The summed E-state index contributed by atoms with van der Waals surface area (Å²) in [6.07, 6.45) is 2.18. The minimum atomic E-state index is 0. The molecule has 1 fully saturated rings. The van der Waals surface area contributed by atoms with Crippen molar-refractivity contribution in [2.24, 2.45) is 4.99 Å². The molecule has 2 N–H and O–H groups in total. The predicted octanol–water partition coefficient (Wildman–Crippen LogP) is 4.16. The number of nitrogens with zero attached hydrogens (tertiary/aromatic N) is 3.